The minimum atomic E-state index is -0.0121. The summed E-state index contributed by atoms with van der Waals surface area (Å²) in [6, 6.07) is 5.67. The molecule has 1 amide bonds. The average molecular weight is 314 g/mol. The van der Waals surface area contributed by atoms with Gasteiger partial charge in [0, 0.05) is 23.1 Å². The highest BCUT2D eigenvalue weighted by Gasteiger charge is 2.15. The third kappa shape index (κ3) is 4.42. The Labute approximate surface area is 117 Å². The lowest BCUT2D eigenvalue weighted by Crippen LogP contribution is -2.34. The largest absolute Gasteiger partial charge is 0.395 e. The fourth-order valence-electron chi connectivity index (χ4n) is 1.83. The Morgan fingerprint density at radius 3 is 2.61 bits per heavy atom. The lowest BCUT2D eigenvalue weighted by Gasteiger charge is -2.22. The number of halogens is 1. The lowest BCUT2D eigenvalue weighted by atomic mass is 10.1. The number of unbranched alkanes of at least 4 members (excludes halogenated alkanes) is 1. The SMILES string of the molecule is CCCCN(CCO)C(=O)c1cc(C)cc(Br)c1. The first kappa shape index (κ1) is 15.2. The smallest absolute Gasteiger partial charge is 0.253 e. The summed E-state index contributed by atoms with van der Waals surface area (Å²) in [5, 5.41) is 9.04. The van der Waals surface area contributed by atoms with Crippen molar-refractivity contribution >= 4 is 21.8 Å². The second-order valence-corrected chi connectivity index (χ2v) is 5.30. The standard InChI is InChI=1S/C14H20BrNO2/c1-3-4-5-16(6-7-17)14(18)12-8-11(2)9-13(15)10-12/h8-10,17H,3-7H2,1-2H3. The lowest BCUT2D eigenvalue weighted by molar-refractivity contribution is 0.0719. The van der Waals surface area contributed by atoms with Crippen LogP contribution in [0.5, 0.6) is 0 Å². The number of carbonyl (C=O) groups is 1. The Kier molecular flexibility index (Phi) is 6.36. The molecular formula is C14H20BrNO2. The number of aryl methyl sites for hydroxylation is 1. The monoisotopic (exact) mass is 313 g/mol. The summed E-state index contributed by atoms with van der Waals surface area (Å²) < 4.78 is 0.908. The molecule has 0 saturated carbocycles. The molecule has 0 saturated heterocycles. The highest BCUT2D eigenvalue weighted by atomic mass is 79.9. The molecule has 18 heavy (non-hydrogen) atoms. The van der Waals surface area contributed by atoms with Crippen LogP contribution in [0.15, 0.2) is 22.7 Å². The number of nitrogens with zero attached hydrogens (tertiary/aromatic N) is 1. The quantitative estimate of drug-likeness (QED) is 0.877. The molecule has 0 radical (unpaired) electrons. The van der Waals surface area contributed by atoms with Gasteiger partial charge in [0.2, 0.25) is 0 Å². The second kappa shape index (κ2) is 7.54. The molecule has 0 fully saturated rings. The summed E-state index contributed by atoms with van der Waals surface area (Å²) >= 11 is 3.40. The summed E-state index contributed by atoms with van der Waals surface area (Å²) in [5.41, 5.74) is 1.72. The average Bonchev–Trinajstić information content (AvgIpc) is 2.32. The predicted molar refractivity (Wildman–Crippen MR) is 76.8 cm³/mol. The summed E-state index contributed by atoms with van der Waals surface area (Å²) in [6.07, 6.45) is 1.99. The van der Waals surface area contributed by atoms with E-state index in [1.807, 2.05) is 25.1 Å². The van der Waals surface area contributed by atoms with Gasteiger partial charge >= 0.3 is 0 Å². The zero-order valence-electron chi connectivity index (χ0n) is 10.9. The molecule has 1 aromatic carbocycles. The van der Waals surface area contributed by atoms with Gasteiger partial charge in [-0.2, -0.15) is 0 Å². The van der Waals surface area contributed by atoms with Crippen LogP contribution in [0.4, 0.5) is 0 Å². The zero-order valence-corrected chi connectivity index (χ0v) is 12.5. The van der Waals surface area contributed by atoms with Crippen molar-refractivity contribution in [1.29, 1.82) is 0 Å². The molecule has 0 aliphatic heterocycles. The van der Waals surface area contributed by atoms with E-state index in [0.29, 0.717) is 18.7 Å². The van der Waals surface area contributed by atoms with Gasteiger partial charge in [-0.1, -0.05) is 29.3 Å². The van der Waals surface area contributed by atoms with Gasteiger partial charge in [-0.15, -0.1) is 0 Å². The van der Waals surface area contributed by atoms with Gasteiger partial charge in [0.1, 0.15) is 0 Å². The third-order valence-corrected chi connectivity index (χ3v) is 3.19. The highest BCUT2D eigenvalue weighted by Crippen LogP contribution is 2.17. The first-order chi connectivity index (χ1) is 8.58. The van der Waals surface area contributed by atoms with Crippen LogP contribution in [-0.4, -0.2) is 35.6 Å². The van der Waals surface area contributed by atoms with E-state index in [4.69, 9.17) is 5.11 Å². The number of benzene rings is 1. The molecule has 1 aromatic rings. The van der Waals surface area contributed by atoms with Gasteiger partial charge in [0.05, 0.1) is 6.61 Å². The van der Waals surface area contributed by atoms with E-state index in [-0.39, 0.29) is 12.5 Å². The molecule has 0 aliphatic carbocycles. The fraction of sp³-hybridized carbons (Fsp3) is 0.500. The summed E-state index contributed by atoms with van der Waals surface area (Å²) in [5.74, 6) is -0.0121. The van der Waals surface area contributed by atoms with Crippen LogP contribution in [0, 0.1) is 6.92 Å². The maximum atomic E-state index is 12.3. The molecule has 3 nitrogen and oxygen atoms in total. The van der Waals surface area contributed by atoms with Crippen LogP contribution in [0.2, 0.25) is 0 Å². The minimum absolute atomic E-state index is 0.00242. The number of hydrogen-bond donors (Lipinski definition) is 1. The normalized spacial score (nSPS) is 10.4. The van der Waals surface area contributed by atoms with Crippen molar-refractivity contribution in [3.05, 3.63) is 33.8 Å². The van der Waals surface area contributed by atoms with Crippen LogP contribution in [0.3, 0.4) is 0 Å². The Morgan fingerprint density at radius 2 is 2.06 bits per heavy atom. The van der Waals surface area contributed by atoms with Crippen LogP contribution in [-0.2, 0) is 0 Å². The van der Waals surface area contributed by atoms with Crippen molar-refractivity contribution in [2.75, 3.05) is 19.7 Å². The summed E-state index contributed by atoms with van der Waals surface area (Å²) in [6.45, 7) is 5.14. The van der Waals surface area contributed by atoms with Crippen molar-refractivity contribution < 1.29 is 9.90 Å². The molecular weight excluding hydrogens is 294 g/mol. The van der Waals surface area contributed by atoms with Crippen molar-refractivity contribution in [2.24, 2.45) is 0 Å². The number of aliphatic hydroxyl groups is 1. The van der Waals surface area contributed by atoms with Crippen LogP contribution in [0.25, 0.3) is 0 Å². The second-order valence-electron chi connectivity index (χ2n) is 4.39. The molecule has 1 rings (SSSR count). The van der Waals surface area contributed by atoms with Gasteiger partial charge in [0.25, 0.3) is 5.91 Å². The van der Waals surface area contributed by atoms with Gasteiger partial charge in [-0.25, -0.2) is 0 Å². The maximum Gasteiger partial charge on any atom is 0.253 e. The molecule has 0 aromatic heterocycles. The molecule has 100 valence electrons. The van der Waals surface area contributed by atoms with Crippen LogP contribution >= 0.6 is 15.9 Å². The third-order valence-electron chi connectivity index (χ3n) is 2.73. The van der Waals surface area contributed by atoms with Crippen molar-refractivity contribution in [1.82, 2.24) is 4.90 Å². The van der Waals surface area contributed by atoms with E-state index in [0.717, 1.165) is 22.9 Å². The molecule has 0 atom stereocenters. The number of rotatable bonds is 6. The Hall–Kier alpha value is -0.870. The molecule has 4 heteroatoms. The van der Waals surface area contributed by atoms with E-state index in [9.17, 15) is 4.79 Å². The van der Waals surface area contributed by atoms with Gasteiger partial charge in [-0.05, 0) is 37.1 Å². The van der Waals surface area contributed by atoms with E-state index < -0.39 is 0 Å². The summed E-state index contributed by atoms with van der Waals surface area (Å²) in [4.78, 5) is 14.1. The van der Waals surface area contributed by atoms with Crippen LogP contribution < -0.4 is 0 Å². The van der Waals surface area contributed by atoms with Gasteiger partial charge in [0.15, 0.2) is 0 Å². The highest BCUT2D eigenvalue weighted by molar-refractivity contribution is 9.10. The Balaban J connectivity index is 2.86. The molecule has 0 aliphatic rings. The summed E-state index contributed by atoms with van der Waals surface area (Å²) in [7, 11) is 0. The zero-order chi connectivity index (χ0) is 13.5. The van der Waals surface area contributed by atoms with Crippen LogP contribution in [0.1, 0.15) is 35.7 Å². The molecule has 0 heterocycles. The topological polar surface area (TPSA) is 40.5 Å². The minimum Gasteiger partial charge on any atom is -0.395 e. The Bertz CT molecular complexity index is 387. The first-order valence-corrected chi connectivity index (χ1v) is 7.05. The maximum absolute atomic E-state index is 12.3. The van der Waals surface area contributed by atoms with Crippen molar-refractivity contribution in [3.8, 4) is 0 Å². The van der Waals surface area contributed by atoms with Gasteiger partial charge in [-0.3, -0.25) is 4.79 Å². The predicted octanol–water partition coefficient (Wildman–Crippen LogP) is 2.99. The van der Waals surface area contributed by atoms with E-state index in [1.165, 1.54) is 0 Å². The van der Waals surface area contributed by atoms with Gasteiger partial charge < -0.3 is 10.0 Å². The van der Waals surface area contributed by atoms with E-state index in [1.54, 1.807) is 4.90 Å². The van der Waals surface area contributed by atoms with Crippen molar-refractivity contribution in [3.63, 3.8) is 0 Å². The van der Waals surface area contributed by atoms with E-state index in [2.05, 4.69) is 22.9 Å². The molecule has 0 bridgehead atoms. The Morgan fingerprint density at radius 1 is 1.33 bits per heavy atom. The molecule has 0 unspecified atom stereocenters. The van der Waals surface area contributed by atoms with E-state index >= 15 is 0 Å². The number of amides is 1. The number of aliphatic hydroxyl groups excluding tert-OH is 1. The molecule has 0 spiro atoms. The van der Waals surface area contributed by atoms with Crippen molar-refractivity contribution in [2.45, 2.75) is 26.7 Å². The number of hydrogen-bond acceptors (Lipinski definition) is 2. The number of carbonyl (C=O) groups excluding carboxylic acids is 1. The molecule has 1 N–H and O–H groups in total. The fourth-order valence-corrected chi connectivity index (χ4v) is 2.43. The first-order valence-electron chi connectivity index (χ1n) is 6.25.